The van der Waals surface area contributed by atoms with E-state index in [0.717, 1.165) is 18.7 Å². The molecular weight excluding hydrogens is 313 g/mol. The number of aromatic nitrogens is 2. The van der Waals surface area contributed by atoms with Crippen molar-refractivity contribution in [2.24, 2.45) is 0 Å². The maximum Gasteiger partial charge on any atom is 0.261 e. The number of anilines is 1. The van der Waals surface area contributed by atoms with Crippen LogP contribution >= 0.6 is 24.0 Å². The molecule has 0 atom stereocenters. The van der Waals surface area contributed by atoms with E-state index in [0.29, 0.717) is 33.8 Å². The van der Waals surface area contributed by atoms with Crippen LogP contribution in [0.15, 0.2) is 16.7 Å². The molecule has 1 aromatic carbocycles. The number of methoxy groups -OCH3 is 1. The number of hydrogen-bond donors (Lipinski definition) is 1. The first-order valence-electron chi connectivity index (χ1n) is 6.66. The van der Waals surface area contributed by atoms with Crippen LogP contribution in [0.25, 0.3) is 11.5 Å². The van der Waals surface area contributed by atoms with Crippen LogP contribution < -0.4 is 10.5 Å². The quantitative estimate of drug-likeness (QED) is 0.859. The maximum absolute atomic E-state index is 6.06. The Balaban J connectivity index is 0.00000161. The summed E-state index contributed by atoms with van der Waals surface area (Å²) < 4.78 is 10.7. The lowest BCUT2D eigenvalue weighted by atomic mass is 10.1. The van der Waals surface area contributed by atoms with Crippen LogP contribution in [0.1, 0.15) is 37.4 Å². The second kappa shape index (κ2) is 6.54. The largest absolute Gasteiger partial charge is 0.496 e. The molecule has 3 rings (SSSR count). The third kappa shape index (κ3) is 3.09. The summed E-state index contributed by atoms with van der Waals surface area (Å²) in [7, 11) is 1.57. The summed E-state index contributed by atoms with van der Waals surface area (Å²) in [6.07, 6.45) is 4.70. The molecule has 0 spiro atoms. The lowest BCUT2D eigenvalue weighted by molar-refractivity contribution is 0.400. The molecule has 0 unspecified atom stereocenters. The Morgan fingerprint density at radius 3 is 2.71 bits per heavy atom. The summed E-state index contributed by atoms with van der Waals surface area (Å²) in [6, 6.07) is 3.36. The number of nitrogens with two attached hydrogens (primary N) is 1. The first kappa shape index (κ1) is 15.9. The lowest BCUT2D eigenvalue weighted by Crippen LogP contribution is -1.95. The molecule has 0 aliphatic heterocycles. The van der Waals surface area contributed by atoms with Crippen molar-refractivity contribution >= 4 is 29.7 Å². The van der Waals surface area contributed by atoms with Gasteiger partial charge in [0, 0.05) is 12.0 Å². The van der Waals surface area contributed by atoms with Crippen molar-refractivity contribution < 1.29 is 9.26 Å². The molecule has 21 heavy (non-hydrogen) atoms. The zero-order valence-electron chi connectivity index (χ0n) is 11.6. The van der Waals surface area contributed by atoms with Gasteiger partial charge in [-0.25, -0.2) is 0 Å². The molecule has 0 amide bonds. The van der Waals surface area contributed by atoms with Gasteiger partial charge >= 0.3 is 0 Å². The van der Waals surface area contributed by atoms with Gasteiger partial charge in [0.25, 0.3) is 5.89 Å². The van der Waals surface area contributed by atoms with Gasteiger partial charge in [-0.3, -0.25) is 0 Å². The van der Waals surface area contributed by atoms with E-state index in [1.165, 1.54) is 12.8 Å². The highest BCUT2D eigenvalue weighted by molar-refractivity contribution is 6.33. The molecule has 1 aromatic heterocycles. The van der Waals surface area contributed by atoms with Gasteiger partial charge in [-0.1, -0.05) is 29.6 Å². The molecular formula is C14H17Cl2N3O2. The van der Waals surface area contributed by atoms with Crippen LogP contribution in [-0.4, -0.2) is 17.3 Å². The van der Waals surface area contributed by atoms with Gasteiger partial charge in [-0.2, -0.15) is 4.98 Å². The average Bonchev–Trinajstić information content (AvgIpc) is 3.10. The molecule has 0 radical (unpaired) electrons. The Morgan fingerprint density at radius 2 is 2.05 bits per heavy atom. The Hall–Kier alpha value is -1.46. The fourth-order valence-corrected chi connectivity index (χ4v) is 2.76. The smallest absolute Gasteiger partial charge is 0.261 e. The molecule has 1 fully saturated rings. The number of nitrogens with zero attached hydrogens (tertiary/aromatic N) is 2. The molecule has 2 aromatic rings. The molecule has 0 bridgehead atoms. The van der Waals surface area contributed by atoms with Crippen molar-refractivity contribution in [3.63, 3.8) is 0 Å². The highest BCUT2D eigenvalue weighted by atomic mass is 35.5. The molecule has 114 valence electrons. The summed E-state index contributed by atoms with van der Waals surface area (Å²) >= 11 is 6.06. The van der Waals surface area contributed by atoms with Gasteiger partial charge in [0.05, 0.1) is 23.4 Å². The number of rotatable bonds is 3. The van der Waals surface area contributed by atoms with Crippen molar-refractivity contribution in [2.45, 2.75) is 31.6 Å². The molecule has 2 N–H and O–H groups in total. The molecule has 0 saturated heterocycles. The number of hydrogen-bond acceptors (Lipinski definition) is 5. The molecule has 7 heteroatoms. The summed E-state index contributed by atoms with van der Waals surface area (Å²) in [5, 5.41) is 4.53. The summed E-state index contributed by atoms with van der Waals surface area (Å²) in [5.74, 6) is 2.18. The Labute approximate surface area is 134 Å². The summed E-state index contributed by atoms with van der Waals surface area (Å²) in [6.45, 7) is 0. The van der Waals surface area contributed by atoms with Crippen LogP contribution in [-0.2, 0) is 0 Å². The van der Waals surface area contributed by atoms with Crippen LogP contribution in [0.4, 0.5) is 5.69 Å². The molecule has 5 nitrogen and oxygen atoms in total. The monoisotopic (exact) mass is 329 g/mol. The molecule has 1 saturated carbocycles. The normalized spacial score (nSPS) is 15.0. The number of ether oxygens (including phenoxy) is 1. The third-order valence-electron chi connectivity index (χ3n) is 3.71. The Kier molecular flexibility index (Phi) is 4.96. The van der Waals surface area contributed by atoms with Gasteiger partial charge in [-0.15, -0.1) is 12.4 Å². The van der Waals surface area contributed by atoms with Crippen LogP contribution in [0.5, 0.6) is 5.75 Å². The van der Waals surface area contributed by atoms with Gasteiger partial charge in [0.1, 0.15) is 5.75 Å². The highest BCUT2D eigenvalue weighted by Gasteiger charge is 2.24. The fourth-order valence-electron chi connectivity index (χ4n) is 2.60. The topological polar surface area (TPSA) is 74.2 Å². The second-order valence-corrected chi connectivity index (χ2v) is 5.42. The number of nitrogen functional groups attached to an aromatic ring is 1. The number of benzene rings is 1. The number of halogens is 2. The summed E-state index contributed by atoms with van der Waals surface area (Å²) in [4.78, 5) is 4.48. The Morgan fingerprint density at radius 1 is 1.33 bits per heavy atom. The van der Waals surface area contributed by atoms with E-state index in [-0.39, 0.29) is 12.4 Å². The van der Waals surface area contributed by atoms with E-state index in [4.69, 9.17) is 26.6 Å². The Bertz CT molecular complexity index is 625. The van der Waals surface area contributed by atoms with E-state index in [1.54, 1.807) is 19.2 Å². The van der Waals surface area contributed by atoms with E-state index >= 15 is 0 Å². The minimum absolute atomic E-state index is 0. The van der Waals surface area contributed by atoms with E-state index in [2.05, 4.69) is 10.1 Å². The maximum atomic E-state index is 6.06. The first-order valence-corrected chi connectivity index (χ1v) is 7.04. The standard InChI is InChI=1S/C14H16ClN3O2.ClH/c1-19-12-7-11(16)10(15)6-9(12)14-17-13(18-20-14)8-4-2-3-5-8;/h6-8H,2-5,16H2,1H3;1H. The fraction of sp³-hybridized carbons (Fsp3) is 0.429. The van der Waals surface area contributed by atoms with Crippen molar-refractivity contribution in [3.05, 3.63) is 23.0 Å². The van der Waals surface area contributed by atoms with E-state index in [1.807, 2.05) is 0 Å². The third-order valence-corrected chi connectivity index (χ3v) is 4.04. The van der Waals surface area contributed by atoms with Gasteiger partial charge in [0.2, 0.25) is 0 Å². The average molecular weight is 330 g/mol. The van der Waals surface area contributed by atoms with Crippen molar-refractivity contribution in [1.82, 2.24) is 10.1 Å². The van der Waals surface area contributed by atoms with Crippen LogP contribution in [0.3, 0.4) is 0 Å². The second-order valence-electron chi connectivity index (χ2n) is 5.01. The van der Waals surface area contributed by atoms with Crippen LogP contribution in [0, 0.1) is 0 Å². The molecule has 1 heterocycles. The zero-order chi connectivity index (χ0) is 14.1. The van der Waals surface area contributed by atoms with Crippen molar-refractivity contribution in [3.8, 4) is 17.2 Å². The minimum Gasteiger partial charge on any atom is -0.496 e. The van der Waals surface area contributed by atoms with Crippen LogP contribution in [0.2, 0.25) is 5.02 Å². The van der Waals surface area contributed by atoms with E-state index in [9.17, 15) is 0 Å². The minimum atomic E-state index is 0. The van der Waals surface area contributed by atoms with E-state index < -0.39 is 0 Å². The van der Waals surface area contributed by atoms with Gasteiger partial charge < -0.3 is 15.0 Å². The SMILES string of the molecule is COc1cc(N)c(Cl)cc1-c1nc(C2CCCC2)no1.Cl. The van der Waals surface area contributed by atoms with Gasteiger partial charge in [-0.05, 0) is 18.9 Å². The highest BCUT2D eigenvalue weighted by Crippen LogP contribution is 2.37. The predicted octanol–water partition coefficient (Wildman–Crippen LogP) is 4.06. The van der Waals surface area contributed by atoms with Gasteiger partial charge in [0.15, 0.2) is 5.82 Å². The molecule has 1 aliphatic rings. The molecule has 1 aliphatic carbocycles. The van der Waals surface area contributed by atoms with Crippen molar-refractivity contribution in [1.29, 1.82) is 0 Å². The van der Waals surface area contributed by atoms with Crippen molar-refractivity contribution in [2.75, 3.05) is 12.8 Å². The predicted molar refractivity (Wildman–Crippen MR) is 84.2 cm³/mol. The first-order chi connectivity index (χ1) is 9.69. The summed E-state index contributed by atoms with van der Waals surface area (Å²) in [5.41, 5.74) is 6.90. The zero-order valence-corrected chi connectivity index (χ0v) is 13.2. The lowest BCUT2D eigenvalue weighted by Gasteiger charge is -2.07.